The monoisotopic (exact) mass is 394 g/mol. The van der Waals surface area contributed by atoms with E-state index in [1.54, 1.807) is 25.4 Å². The Labute approximate surface area is 161 Å². The van der Waals surface area contributed by atoms with Crippen LogP contribution in [0.2, 0.25) is 0 Å². The number of carbonyl (C=O) groups excluding carboxylic acids is 1. The van der Waals surface area contributed by atoms with Crippen molar-refractivity contribution in [1.82, 2.24) is 4.90 Å². The highest BCUT2D eigenvalue weighted by atomic mass is 19.4. The summed E-state index contributed by atoms with van der Waals surface area (Å²) in [7, 11) is 1.91. The lowest BCUT2D eigenvalue weighted by molar-refractivity contribution is -0.274. The molecule has 5 nitrogen and oxygen atoms in total. The summed E-state index contributed by atoms with van der Waals surface area (Å²) in [5.74, 6) is -0.881. The third kappa shape index (κ3) is 6.00. The molecular weight excluding hydrogens is 373 g/mol. The zero-order valence-electron chi connectivity index (χ0n) is 16.0. The minimum absolute atomic E-state index is 0.114. The molecule has 0 spiro atoms. The number of ether oxygens (including phenoxy) is 2. The quantitative estimate of drug-likeness (QED) is 0.298. The second kappa shape index (κ2) is 8.77. The predicted octanol–water partition coefficient (Wildman–Crippen LogP) is 5.03. The fraction of sp³-hybridized carbons (Fsp3) is 0.300. The van der Waals surface area contributed by atoms with Crippen molar-refractivity contribution in [2.24, 2.45) is 4.99 Å². The first-order valence-corrected chi connectivity index (χ1v) is 8.52. The van der Waals surface area contributed by atoms with Gasteiger partial charge in [0.05, 0.1) is 17.6 Å². The first-order valence-electron chi connectivity index (χ1n) is 8.52. The molecule has 0 aliphatic carbocycles. The number of rotatable bonds is 6. The van der Waals surface area contributed by atoms with Gasteiger partial charge in [-0.3, -0.25) is 0 Å². The minimum Gasteiger partial charge on any atom is -0.423 e. The number of esters is 1. The van der Waals surface area contributed by atoms with E-state index in [1.165, 1.54) is 12.1 Å². The van der Waals surface area contributed by atoms with Crippen LogP contribution in [-0.4, -0.2) is 37.2 Å². The van der Waals surface area contributed by atoms with Crippen LogP contribution in [0.1, 0.15) is 28.4 Å². The highest BCUT2D eigenvalue weighted by molar-refractivity contribution is 5.93. The lowest BCUT2D eigenvalue weighted by Gasteiger charge is -2.12. The maximum atomic E-state index is 12.4. The van der Waals surface area contributed by atoms with Gasteiger partial charge >= 0.3 is 12.3 Å². The van der Waals surface area contributed by atoms with E-state index in [0.717, 1.165) is 29.9 Å². The summed E-state index contributed by atoms with van der Waals surface area (Å²) in [5.41, 5.74) is 2.57. The number of hydrogen-bond donors (Lipinski definition) is 0. The number of benzene rings is 2. The fourth-order valence-corrected chi connectivity index (χ4v) is 2.27. The summed E-state index contributed by atoms with van der Waals surface area (Å²) in [6.07, 6.45) is -3.06. The Morgan fingerprint density at radius 2 is 1.71 bits per heavy atom. The zero-order chi connectivity index (χ0) is 20.9. The SMILES string of the molecule is CCN(C)C=Nc1cc(C)c(C(=O)Oc2ccc(OC(F)(F)F)cc2)cc1C. The molecule has 0 atom stereocenters. The van der Waals surface area contributed by atoms with Gasteiger partial charge in [-0.25, -0.2) is 9.79 Å². The Bertz CT molecular complexity index is 862. The maximum absolute atomic E-state index is 12.4. The van der Waals surface area contributed by atoms with E-state index in [-0.39, 0.29) is 5.75 Å². The molecule has 150 valence electrons. The molecule has 0 unspecified atom stereocenters. The van der Waals surface area contributed by atoms with Crippen molar-refractivity contribution in [2.75, 3.05) is 13.6 Å². The summed E-state index contributed by atoms with van der Waals surface area (Å²) in [6, 6.07) is 8.09. The second-order valence-corrected chi connectivity index (χ2v) is 6.18. The number of carbonyl (C=O) groups is 1. The van der Waals surface area contributed by atoms with Crippen LogP contribution in [0.5, 0.6) is 11.5 Å². The van der Waals surface area contributed by atoms with Gasteiger partial charge in [-0.15, -0.1) is 13.2 Å². The second-order valence-electron chi connectivity index (χ2n) is 6.18. The number of aliphatic imine (C=N–C) groups is 1. The molecule has 2 rings (SSSR count). The molecule has 0 aromatic heterocycles. The Morgan fingerprint density at radius 3 is 2.29 bits per heavy atom. The summed E-state index contributed by atoms with van der Waals surface area (Å²) >= 11 is 0. The molecule has 28 heavy (non-hydrogen) atoms. The number of hydrogen-bond acceptors (Lipinski definition) is 4. The fourth-order valence-electron chi connectivity index (χ4n) is 2.27. The van der Waals surface area contributed by atoms with Gasteiger partial charge in [0.2, 0.25) is 0 Å². The third-order valence-electron chi connectivity index (χ3n) is 3.92. The largest absolute Gasteiger partial charge is 0.573 e. The Morgan fingerprint density at radius 1 is 1.11 bits per heavy atom. The lowest BCUT2D eigenvalue weighted by atomic mass is 10.0. The molecule has 0 heterocycles. The van der Waals surface area contributed by atoms with Crippen molar-refractivity contribution in [1.29, 1.82) is 0 Å². The highest BCUT2D eigenvalue weighted by Crippen LogP contribution is 2.27. The molecule has 0 saturated carbocycles. The van der Waals surface area contributed by atoms with Crippen LogP contribution in [0.3, 0.4) is 0 Å². The van der Waals surface area contributed by atoms with E-state index in [2.05, 4.69) is 9.73 Å². The number of halogens is 3. The smallest absolute Gasteiger partial charge is 0.423 e. The van der Waals surface area contributed by atoms with Gasteiger partial charge in [0.1, 0.15) is 11.5 Å². The van der Waals surface area contributed by atoms with Crippen molar-refractivity contribution >= 4 is 18.0 Å². The number of aryl methyl sites for hydroxylation is 2. The van der Waals surface area contributed by atoms with Crippen LogP contribution in [0.15, 0.2) is 41.4 Å². The van der Waals surface area contributed by atoms with E-state index in [0.29, 0.717) is 11.1 Å². The normalized spacial score (nSPS) is 11.5. The molecule has 2 aromatic carbocycles. The first-order chi connectivity index (χ1) is 13.1. The van der Waals surface area contributed by atoms with Crippen molar-refractivity contribution < 1.29 is 27.4 Å². The molecule has 0 aliphatic heterocycles. The van der Waals surface area contributed by atoms with Gasteiger partial charge in [-0.1, -0.05) is 0 Å². The van der Waals surface area contributed by atoms with Crippen LogP contribution in [0.25, 0.3) is 0 Å². The molecule has 2 aromatic rings. The predicted molar refractivity (Wildman–Crippen MR) is 100 cm³/mol. The third-order valence-corrected chi connectivity index (χ3v) is 3.92. The van der Waals surface area contributed by atoms with E-state index >= 15 is 0 Å². The lowest BCUT2D eigenvalue weighted by Crippen LogP contribution is -2.17. The average Bonchev–Trinajstić information content (AvgIpc) is 2.62. The van der Waals surface area contributed by atoms with Crippen LogP contribution >= 0.6 is 0 Å². The molecule has 0 aliphatic rings. The van der Waals surface area contributed by atoms with E-state index in [9.17, 15) is 18.0 Å². The average molecular weight is 394 g/mol. The van der Waals surface area contributed by atoms with Crippen molar-refractivity contribution in [3.63, 3.8) is 0 Å². The van der Waals surface area contributed by atoms with Gasteiger partial charge in [0.25, 0.3) is 0 Å². The van der Waals surface area contributed by atoms with Crippen LogP contribution in [-0.2, 0) is 0 Å². The van der Waals surface area contributed by atoms with Crippen molar-refractivity contribution in [3.05, 3.63) is 53.1 Å². The Hall–Kier alpha value is -3.03. The van der Waals surface area contributed by atoms with Crippen LogP contribution in [0.4, 0.5) is 18.9 Å². The highest BCUT2D eigenvalue weighted by Gasteiger charge is 2.31. The van der Waals surface area contributed by atoms with E-state index in [1.807, 2.05) is 25.8 Å². The maximum Gasteiger partial charge on any atom is 0.573 e. The zero-order valence-corrected chi connectivity index (χ0v) is 16.0. The van der Waals surface area contributed by atoms with Crippen molar-refractivity contribution in [3.8, 4) is 11.5 Å². The molecule has 0 amide bonds. The van der Waals surface area contributed by atoms with Gasteiger partial charge in [-0.05, 0) is 68.3 Å². The summed E-state index contributed by atoms with van der Waals surface area (Å²) in [5, 5.41) is 0. The van der Waals surface area contributed by atoms with E-state index in [4.69, 9.17) is 4.74 Å². The van der Waals surface area contributed by atoms with Gasteiger partial charge in [-0.2, -0.15) is 0 Å². The Balaban J connectivity index is 2.14. The summed E-state index contributed by atoms with van der Waals surface area (Å²) in [6.45, 7) is 6.42. The standard InChI is InChI=1S/C20H21F3N2O3/c1-5-25(4)12-24-18-11-13(2)17(10-14(18)3)19(26)27-15-6-8-16(9-7-15)28-20(21,22)23/h6-12H,5H2,1-4H3. The van der Waals surface area contributed by atoms with Crippen LogP contribution in [0, 0.1) is 13.8 Å². The van der Waals surface area contributed by atoms with Gasteiger partial charge in [0, 0.05) is 13.6 Å². The first kappa shape index (κ1) is 21.3. The van der Waals surface area contributed by atoms with E-state index < -0.39 is 18.1 Å². The topological polar surface area (TPSA) is 51.1 Å². The molecular formula is C20H21F3N2O3. The summed E-state index contributed by atoms with van der Waals surface area (Å²) < 4.78 is 45.6. The molecule has 0 bridgehead atoms. The van der Waals surface area contributed by atoms with Gasteiger partial charge < -0.3 is 14.4 Å². The minimum atomic E-state index is -4.77. The molecule has 8 heteroatoms. The van der Waals surface area contributed by atoms with Gasteiger partial charge in [0.15, 0.2) is 0 Å². The van der Waals surface area contributed by atoms with Crippen LogP contribution < -0.4 is 9.47 Å². The number of nitrogens with zero attached hydrogens (tertiary/aromatic N) is 2. The van der Waals surface area contributed by atoms with Crippen molar-refractivity contribution in [2.45, 2.75) is 27.1 Å². The summed E-state index contributed by atoms with van der Waals surface area (Å²) in [4.78, 5) is 18.8. The Kier molecular flexibility index (Phi) is 6.66. The molecule has 0 fully saturated rings. The number of alkyl halides is 3. The molecule has 0 saturated heterocycles. The molecule has 0 N–H and O–H groups in total. The molecule has 0 radical (unpaired) electrons.